The number of hydrogen-bond donors (Lipinski definition) is 1. The smallest absolute Gasteiger partial charge is 0.339 e. The second kappa shape index (κ2) is 8.11. The minimum absolute atomic E-state index is 0.0124. The monoisotopic (exact) mass is 461 g/mol. The highest BCUT2D eigenvalue weighted by Crippen LogP contribution is 2.34. The average molecular weight is 462 g/mol. The molecule has 1 aliphatic carbocycles. The molecule has 31 heavy (non-hydrogen) atoms. The van der Waals surface area contributed by atoms with Crippen molar-refractivity contribution in [2.75, 3.05) is 0 Å². The maximum absolute atomic E-state index is 12.5. The first kappa shape index (κ1) is 21.5. The summed E-state index contributed by atoms with van der Waals surface area (Å²) in [5.74, 6) is -0.859. The van der Waals surface area contributed by atoms with Crippen LogP contribution in [0.25, 0.3) is 11.0 Å². The van der Waals surface area contributed by atoms with Gasteiger partial charge in [-0.2, -0.15) is 4.72 Å². The molecular formula is C22H20ClNO6S. The van der Waals surface area contributed by atoms with Gasteiger partial charge in [-0.05, 0) is 56.9 Å². The van der Waals surface area contributed by atoms with Gasteiger partial charge in [-0.1, -0.05) is 29.3 Å². The highest BCUT2D eigenvalue weighted by molar-refractivity contribution is 7.89. The van der Waals surface area contributed by atoms with Crippen LogP contribution >= 0.6 is 11.6 Å². The van der Waals surface area contributed by atoms with Crippen LogP contribution in [0.15, 0.2) is 50.5 Å². The Balaban J connectivity index is 1.56. The van der Waals surface area contributed by atoms with E-state index in [0.717, 1.165) is 24.0 Å². The molecular weight excluding hydrogens is 442 g/mol. The van der Waals surface area contributed by atoms with Crippen molar-refractivity contribution in [1.29, 1.82) is 0 Å². The predicted octanol–water partition coefficient (Wildman–Crippen LogP) is 3.52. The first-order valence-corrected chi connectivity index (χ1v) is 11.6. The number of ether oxygens (including phenoxy) is 1. The van der Waals surface area contributed by atoms with Gasteiger partial charge in [-0.15, -0.1) is 0 Å². The lowest BCUT2D eigenvalue weighted by molar-refractivity contribution is -0.135. The summed E-state index contributed by atoms with van der Waals surface area (Å²) in [5, 5.41) is 0.877. The number of carbonyl (C=O) groups is 1. The van der Waals surface area contributed by atoms with E-state index in [2.05, 4.69) is 4.72 Å². The molecule has 0 spiro atoms. The molecule has 1 N–H and O–H groups in total. The zero-order valence-electron chi connectivity index (χ0n) is 16.9. The van der Waals surface area contributed by atoms with E-state index in [4.69, 9.17) is 20.8 Å². The van der Waals surface area contributed by atoms with Crippen molar-refractivity contribution in [3.8, 4) is 5.75 Å². The zero-order chi connectivity index (χ0) is 22.3. The molecule has 0 saturated carbocycles. The maximum atomic E-state index is 12.5. The number of sulfonamides is 1. The van der Waals surface area contributed by atoms with Crippen molar-refractivity contribution in [1.82, 2.24) is 4.72 Å². The summed E-state index contributed by atoms with van der Waals surface area (Å²) in [4.78, 5) is 24.7. The van der Waals surface area contributed by atoms with Crippen LogP contribution in [-0.2, 0) is 27.7 Å². The van der Waals surface area contributed by atoms with Gasteiger partial charge in [0.05, 0.1) is 9.92 Å². The highest BCUT2D eigenvalue weighted by Gasteiger charge is 2.25. The van der Waals surface area contributed by atoms with Crippen molar-refractivity contribution < 1.29 is 22.4 Å². The normalized spacial score (nSPS) is 14.4. The molecule has 0 unspecified atom stereocenters. The van der Waals surface area contributed by atoms with Crippen LogP contribution in [0.5, 0.6) is 5.75 Å². The van der Waals surface area contributed by atoms with Crippen molar-refractivity contribution in [3.63, 3.8) is 0 Å². The molecule has 1 atom stereocenters. The average Bonchev–Trinajstić information content (AvgIpc) is 3.20. The summed E-state index contributed by atoms with van der Waals surface area (Å²) in [7, 11) is -3.91. The summed E-state index contributed by atoms with van der Waals surface area (Å²) in [6.45, 7) is 3.21. The Hall–Kier alpha value is -2.68. The van der Waals surface area contributed by atoms with Gasteiger partial charge in [0.15, 0.2) is 5.75 Å². The van der Waals surface area contributed by atoms with Gasteiger partial charge in [0.25, 0.3) is 0 Å². The van der Waals surface area contributed by atoms with Crippen LogP contribution in [0.4, 0.5) is 0 Å². The number of halogens is 1. The molecule has 162 valence electrons. The number of benzene rings is 2. The number of fused-ring (bicyclic) bond motifs is 3. The molecule has 0 radical (unpaired) electrons. The van der Waals surface area contributed by atoms with E-state index >= 15 is 0 Å². The lowest BCUT2D eigenvalue weighted by Crippen LogP contribution is -2.40. The van der Waals surface area contributed by atoms with Crippen LogP contribution < -0.4 is 15.1 Å². The van der Waals surface area contributed by atoms with Gasteiger partial charge < -0.3 is 9.15 Å². The minimum Gasteiger partial charge on any atom is -0.424 e. The fourth-order valence-corrected chi connectivity index (χ4v) is 5.02. The van der Waals surface area contributed by atoms with Gasteiger partial charge in [0.1, 0.15) is 11.6 Å². The van der Waals surface area contributed by atoms with Crippen LogP contribution in [-0.4, -0.2) is 20.4 Å². The van der Waals surface area contributed by atoms with Crippen molar-refractivity contribution in [3.05, 3.63) is 68.5 Å². The summed E-state index contributed by atoms with van der Waals surface area (Å²) < 4.78 is 38.0. The fourth-order valence-electron chi connectivity index (χ4n) is 3.62. The third-order valence-corrected chi connectivity index (χ3v) is 7.11. The molecule has 0 amide bonds. The van der Waals surface area contributed by atoms with Crippen molar-refractivity contribution in [2.45, 2.75) is 44.0 Å². The van der Waals surface area contributed by atoms with Gasteiger partial charge in [0, 0.05) is 17.0 Å². The fraction of sp³-hybridized carbons (Fsp3) is 0.273. The number of esters is 1. The van der Waals surface area contributed by atoms with E-state index in [-0.39, 0.29) is 21.3 Å². The Morgan fingerprint density at radius 3 is 2.55 bits per heavy atom. The Bertz CT molecular complexity index is 1350. The number of rotatable bonds is 5. The van der Waals surface area contributed by atoms with Crippen LogP contribution in [0.2, 0.25) is 5.02 Å². The molecule has 0 saturated heterocycles. The van der Waals surface area contributed by atoms with Gasteiger partial charge in [0.2, 0.25) is 10.0 Å². The van der Waals surface area contributed by atoms with Gasteiger partial charge in [-0.25, -0.2) is 18.0 Å². The van der Waals surface area contributed by atoms with E-state index in [0.29, 0.717) is 17.4 Å². The maximum Gasteiger partial charge on any atom is 0.339 e. The predicted molar refractivity (Wildman–Crippen MR) is 116 cm³/mol. The van der Waals surface area contributed by atoms with Crippen molar-refractivity contribution >= 4 is 38.6 Å². The summed E-state index contributed by atoms with van der Waals surface area (Å²) >= 11 is 6.30. The largest absolute Gasteiger partial charge is 0.424 e. The minimum atomic E-state index is -3.91. The van der Waals surface area contributed by atoms with Crippen molar-refractivity contribution in [2.24, 2.45) is 0 Å². The number of hydrogen-bond acceptors (Lipinski definition) is 6. The molecule has 1 aromatic heterocycles. The lowest BCUT2D eigenvalue weighted by atomic mass is 10.1. The second-order valence-electron chi connectivity index (χ2n) is 7.56. The molecule has 1 heterocycles. The summed E-state index contributed by atoms with van der Waals surface area (Å²) in [6, 6.07) is 8.05. The zero-order valence-corrected chi connectivity index (χ0v) is 18.5. The molecule has 0 aliphatic heterocycles. The molecule has 2 aromatic carbocycles. The SMILES string of the molecule is Cc1ccc(S(=O)(=O)N[C@H](C)C(=O)Oc2cc3oc(=O)c4c(c3cc2Cl)CCC4)cc1. The number of nitrogens with one attached hydrogen (secondary N) is 1. The standard InChI is InChI=1S/C22H20ClNO6S/c1-12-6-8-14(9-7-12)31(27,28)24-13(2)21(25)30-20-11-19-17(10-18(20)23)15-4-3-5-16(15)22(26)29-19/h6-11,13,24H,3-5H2,1-2H3/t13-/m1/s1. The van der Waals surface area contributed by atoms with E-state index in [1.165, 1.54) is 25.1 Å². The Morgan fingerprint density at radius 2 is 1.84 bits per heavy atom. The topological polar surface area (TPSA) is 103 Å². The molecule has 9 heteroatoms. The molecule has 4 rings (SSSR count). The Kier molecular flexibility index (Phi) is 5.63. The second-order valence-corrected chi connectivity index (χ2v) is 9.68. The molecule has 0 fully saturated rings. The Labute approximate surface area is 184 Å². The van der Waals surface area contributed by atoms with E-state index in [1.54, 1.807) is 18.2 Å². The first-order chi connectivity index (χ1) is 14.7. The summed E-state index contributed by atoms with van der Waals surface area (Å²) in [6.07, 6.45) is 2.29. The van der Waals surface area contributed by atoms with E-state index < -0.39 is 27.7 Å². The highest BCUT2D eigenvalue weighted by atomic mass is 35.5. The third kappa shape index (κ3) is 4.23. The molecule has 1 aliphatic rings. The number of carbonyl (C=O) groups excluding carboxylic acids is 1. The van der Waals surface area contributed by atoms with Crippen LogP contribution in [0.3, 0.4) is 0 Å². The summed E-state index contributed by atoms with van der Waals surface area (Å²) in [5.41, 5.74) is 2.34. The molecule has 7 nitrogen and oxygen atoms in total. The van der Waals surface area contributed by atoms with E-state index in [1.807, 2.05) is 6.92 Å². The third-order valence-electron chi connectivity index (χ3n) is 5.25. The quantitative estimate of drug-likeness (QED) is 0.354. The number of aryl methyl sites for hydroxylation is 2. The van der Waals surface area contributed by atoms with Gasteiger partial charge >= 0.3 is 11.6 Å². The van der Waals surface area contributed by atoms with Crippen LogP contribution in [0.1, 0.15) is 30.0 Å². The molecule has 0 bridgehead atoms. The van der Waals surface area contributed by atoms with Crippen LogP contribution in [0, 0.1) is 6.92 Å². The lowest BCUT2D eigenvalue weighted by Gasteiger charge is -2.15. The van der Waals surface area contributed by atoms with E-state index in [9.17, 15) is 18.0 Å². The Morgan fingerprint density at radius 1 is 1.16 bits per heavy atom. The van der Waals surface area contributed by atoms with Gasteiger partial charge in [-0.3, -0.25) is 0 Å². The molecule has 3 aromatic rings. The first-order valence-electron chi connectivity index (χ1n) is 9.74.